The minimum atomic E-state index is -0.349. The molecule has 2 heterocycles. The molecule has 0 radical (unpaired) electrons. The summed E-state index contributed by atoms with van der Waals surface area (Å²) in [6.07, 6.45) is 3.29. The van der Waals surface area contributed by atoms with E-state index < -0.39 is 0 Å². The van der Waals surface area contributed by atoms with E-state index >= 15 is 0 Å². The molecule has 7 nitrogen and oxygen atoms in total. The zero-order valence-corrected chi connectivity index (χ0v) is 21.2. The van der Waals surface area contributed by atoms with Gasteiger partial charge in [0.25, 0.3) is 5.91 Å². The maximum atomic E-state index is 12.7. The molecule has 1 aliphatic heterocycles. The van der Waals surface area contributed by atoms with E-state index in [2.05, 4.69) is 36.0 Å². The van der Waals surface area contributed by atoms with E-state index in [0.717, 1.165) is 37.5 Å². The molecule has 1 aromatic carbocycles. The van der Waals surface area contributed by atoms with Crippen LogP contribution in [0.4, 0.5) is 4.79 Å². The minimum Gasteiger partial charge on any atom is -0.410 e. The van der Waals surface area contributed by atoms with Crippen LogP contribution in [0.5, 0.6) is 5.75 Å². The van der Waals surface area contributed by atoms with Crippen molar-refractivity contribution in [2.24, 2.45) is 5.41 Å². The lowest BCUT2D eigenvalue weighted by Gasteiger charge is -2.33. The lowest BCUT2D eigenvalue weighted by Crippen LogP contribution is -2.49. The summed E-state index contributed by atoms with van der Waals surface area (Å²) in [4.78, 5) is 33.6. The van der Waals surface area contributed by atoms with Gasteiger partial charge in [-0.05, 0) is 49.9 Å². The molecule has 0 spiro atoms. The number of carbonyl (C=O) groups excluding carboxylic acids is 2. The second-order valence-electron chi connectivity index (χ2n) is 10.5. The number of carbonyl (C=O) groups is 2. The molecule has 8 heteroatoms. The largest absolute Gasteiger partial charge is 0.415 e. The molecule has 0 unspecified atom stereocenters. The molecule has 1 aromatic heterocycles. The predicted molar refractivity (Wildman–Crippen MR) is 132 cm³/mol. The molecule has 0 saturated carbocycles. The Balaban J connectivity index is 1.45. The van der Waals surface area contributed by atoms with Crippen LogP contribution in [-0.2, 0) is 6.42 Å². The molecule has 180 valence electrons. The Labute approximate surface area is 201 Å². The first-order valence-electron chi connectivity index (χ1n) is 11.5. The Hall–Kier alpha value is -2.45. The number of hydrogen-bond donors (Lipinski definition) is 1. The van der Waals surface area contributed by atoms with Crippen LogP contribution in [0.1, 0.15) is 56.4 Å². The normalized spacial score (nSPS) is 15.4. The molecule has 0 aliphatic carbocycles. The van der Waals surface area contributed by atoms with Crippen molar-refractivity contribution in [1.82, 2.24) is 20.1 Å². The van der Waals surface area contributed by atoms with Gasteiger partial charge < -0.3 is 15.0 Å². The molecule has 1 N–H and O–H groups in total. The van der Waals surface area contributed by atoms with Crippen molar-refractivity contribution in [3.05, 3.63) is 46.4 Å². The van der Waals surface area contributed by atoms with Gasteiger partial charge in [-0.2, -0.15) is 0 Å². The van der Waals surface area contributed by atoms with Crippen molar-refractivity contribution in [1.29, 1.82) is 0 Å². The Morgan fingerprint density at radius 2 is 1.73 bits per heavy atom. The third kappa shape index (κ3) is 8.12. The number of amides is 2. The molecule has 0 atom stereocenters. The molecular weight excluding hydrogens is 436 g/mol. The number of nitrogens with zero attached hydrogens (tertiary/aromatic N) is 3. The van der Waals surface area contributed by atoms with Crippen molar-refractivity contribution in [2.75, 3.05) is 32.7 Å². The highest BCUT2D eigenvalue weighted by Crippen LogP contribution is 2.27. The fraction of sp³-hybridized carbons (Fsp3) is 0.560. The highest BCUT2D eigenvalue weighted by atomic mass is 32.1. The molecule has 33 heavy (non-hydrogen) atoms. The fourth-order valence-electron chi connectivity index (χ4n) is 4.37. The lowest BCUT2D eigenvalue weighted by molar-refractivity contribution is 0.0891. The van der Waals surface area contributed by atoms with Gasteiger partial charge in [0.05, 0.1) is 5.01 Å². The Morgan fingerprint density at radius 1 is 1.06 bits per heavy atom. The zero-order valence-electron chi connectivity index (χ0n) is 20.4. The summed E-state index contributed by atoms with van der Waals surface area (Å²) < 4.78 is 5.54. The number of nitrogens with one attached hydrogen (secondary N) is 1. The molecule has 2 aromatic rings. The molecule has 1 fully saturated rings. The van der Waals surface area contributed by atoms with E-state index in [0.29, 0.717) is 24.4 Å². The van der Waals surface area contributed by atoms with Gasteiger partial charge in [-0.3, -0.25) is 9.69 Å². The maximum Gasteiger partial charge on any atom is 0.415 e. The van der Waals surface area contributed by atoms with Crippen molar-refractivity contribution in [3.63, 3.8) is 0 Å². The van der Waals surface area contributed by atoms with Crippen molar-refractivity contribution in [3.8, 4) is 5.75 Å². The van der Waals surface area contributed by atoms with Gasteiger partial charge in [0.2, 0.25) is 0 Å². The van der Waals surface area contributed by atoms with Gasteiger partial charge in [-0.25, -0.2) is 9.78 Å². The van der Waals surface area contributed by atoms with Crippen LogP contribution in [-0.4, -0.2) is 65.0 Å². The van der Waals surface area contributed by atoms with Gasteiger partial charge in [-0.15, -0.1) is 11.3 Å². The Bertz CT molecular complexity index is 912. The van der Waals surface area contributed by atoms with Gasteiger partial charge >= 0.3 is 6.09 Å². The summed E-state index contributed by atoms with van der Waals surface area (Å²) in [7, 11) is 0. The van der Waals surface area contributed by atoms with Crippen LogP contribution < -0.4 is 10.1 Å². The molecule has 0 bridgehead atoms. The van der Waals surface area contributed by atoms with Gasteiger partial charge in [0, 0.05) is 61.8 Å². The number of aromatic nitrogens is 1. The van der Waals surface area contributed by atoms with E-state index in [1.165, 1.54) is 0 Å². The summed E-state index contributed by atoms with van der Waals surface area (Å²) in [6, 6.07) is 6.74. The quantitative estimate of drug-likeness (QED) is 0.645. The van der Waals surface area contributed by atoms with E-state index in [1.54, 1.807) is 40.5 Å². The van der Waals surface area contributed by atoms with Gasteiger partial charge in [-0.1, -0.05) is 20.8 Å². The SMILES string of the molecule is CC(C)(C)CC(C)(C)NC(=O)c1ccc(OC(=O)N2CCN(CCc3nccs3)CC2)cc1. The summed E-state index contributed by atoms with van der Waals surface area (Å²) in [5.41, 5.74) is 0.343. The van der Waals surface area contributed by atoms with Crippen LogP contribution in [0.2, 0.25) is 0 Å². The Morgan fingerprint density at radius 3 is 2.30 bits per heavy atom. The third-order valence-electron chi connectivity index (χ3n) is 5.50. The van der Waals surface area contributed by atoms with Crippen LogP contribution in [0.3, 0.4) is 0 Å². The third-order valence-corrected chi connectivity index (χ3v) is 6.34. The molecule has 1 aliphatic rings. The number of ether oxygens (including phenoxy) is 1. The van der Waals surface area contributed by atoms with Gasteiger partial charge in [0.15, 0.2) is 0 Å². The van der Waals surface area contributed by atoms with E-state index in [1.807, 2.05) is 25.4 Å². The average molecular weight is 473 g/mol. The number of benzene rings is 1. The Kier molecular flexibility index (Phi) is 8.13. The van der Waals surface area contributed by atoms with E-state index in [9.17, 15) is 9.59 Å². The van der Waals surface area contributed by atoms with Crippen molar-refractivity contribution >= 4 is 23.3 Å². The number of hydrogen-bond acceptors (Lipinski definition) is 6. The number of thiazole rings is 1. The summed E-state index contributed by atoms with van der Waals surface area (Å²) in [5.74, 6) is 0.313. The summed E-state index contributed by atoms with van der Waals surface area (Å²) >= 11 is 1.68. The van der Waals surface area contributed by atoms with Crippen LogP contribution in [0.15, 0.2) is 35.8 Å². The van der Waals surface area contributed by atoms with E-state index in [4.69, 9.17) is 4.74 Å². The standard InChI is InChI=1S/C25H36N4O3S/c1-24(2,3)18-25(4,5)27-22(30)19-6-8-20(9-7-19)32-23(31)29-15-13-28(14-16-29)12-10-21-26-11-17-33-21/h6-9,11,17H,10,12-16,18H2,1-5H3,(H,27,30). The van der Waals surface area contributed by atoms with Crippen LogP contribution >= 0.6 is 11.3 Å². The predicted octanol–water partition coefficient (Wildman–Crippen LogP) is 4.45. The van der Waals surface area contributed by atoms with Crippen molar-refractivity contribution in [2.45, 2.75) is 53.0 Å². The lowest BCUT2D eigenvalue weighted by atomic mass is 9.81. The average Bonchev–Trinajstić information content (AvgIpc) is 3.24. The molecular formula is C25H36N4O3S. The highest BCUT2D eigenvalue weighted by Gasteiger charge is 2.27. The number of piperazine rings is 1. The first kappa shape index (κ1) is 25.2. The highest BCUT2D eigenvalue weighted by molar-refractivity contribution is 7.09. The fourth-order valence-corrected chi connectivity index (χ4v) is 4.98. The van der Waals surface area contributed by atoms with E-state index in [-0.39, 0.29) is 23.0 Å². The second-order valence-corrected chi connectivity index (χ2v) is 11.5. The first-order chi connectivity index (χ1) is 15.5. The zero-order chi connectivity index (χ0) is 24.1. The van der Waals surface area contributed by atoms with Crippen LogP contribution in [0.25, 0.3) is 0 Å². The maximum absolute atomic E-state index is 12.7. The topological polar surface area (TPSA) is 74.8 Å². The number of rotatable bonds is 7. The monoisotopic (exact) mass is 472 g/mol. The van der Waals surface area contributed by atoms with Gasteiger partial charge in [0.1, 0.15) is 5.75 Å². The smallest absolute Gasteiger partial charge is 0.410 e. The first-order valence-corrected chi connectivity index (χ1v) is 12.4. The summed E-state index contributed by atoms with van der Waals surface area (Å²) in [6.45, 7) is 14.4. The summed E-state index contributed by atoms with van der Waals surface area (Å²) in [5, 5.41) is 6.24. The second kappa shape index (κ2) is 10.7. The molecule has 3 rings (SSSR count). The minimum absolute atomic E-state index is 0.113. The van der Waals surface area contributed by atoms with Crippen molar-refractivity contribution < 1.29 is 14.3 Å². The molecule has 2 amide bonds. The van der Waals surface area contributed by atoms with Crippen LogP contribution in [0, 0.1) is 5.41 Å². The molecule has 1 saturated heterocycles.